The van der Waals surface area contributed by atoms with Crippen LogP contribution in [0.1, 0.15) is 37.6 Å². The van der Waals surface area contributed by atoms with Crippen molar-refractivity contribution < 1.29 is 9.53 Å². The number of nitrogen functional groups attached to an aromatic ring is 1. The van der Waals surface area contributed by atoms with E-state index in [4.69, 9.17) is 22.1 Å². The molecule has 156 valence electrons. The number of rotatable bonds is 5. The summed E-state index contributed by atoms with van der Waals surface area (Å²) in [4.78, 5) is 29.8. The monoisotopic (exact) mass is 418 g/mol. The molecule has 0 spiro atoms. The number of nitrogens with two attached hydrogens (primary N) is 1. The van der Waals surface area contributed by atoms with E-state index in [0.29, 0.717) is 24.6 Å². The van der Waals surface area contributed by atoms with Crippen molar-refractivity contribution in [3.63, 3.8) is 0 Å². The fourth-order valence-electron chi connectivity index (χ4n) is 3.67. The molecule has 0 bridgehead atoms. The number of aryl methyl sites for hydroxylation is 1. The summed E-state index contributed by atoms with van der Waals surface area (Å²) in [5.74, 6) is 1.59. The van der Waals surface area contributed by atoms with Crippen molar-refractivity contribution >= 4 is 35.0 Å². The van der Waals surface area contributed by atoms with Gasteiger partial charge in [0, 0.05) is 23.9 Å². The zero-order valence-electron chi connectivity index (χ0n) is 17.7. The third-order valence-corrected chi connectivity index (χ3v) is 5.35. The van der Waals surface area contributed by atoms with E-state index in [9.17, 15) is 4.79 Å². The summed E-state index contributed by atoms with van der Waals surface area (Å²) in [7, 11) is 1.64. The van der Waals surface area contributed by atoms with Crippen LogP contribution in [0.4, 0.5) is 17.5 Å². The normalized spacial score (nSPS) is 16.4. The summed E-state index contributed by atoms with van der Waals surface area (Å²) in [5, 5.41) is 0.171. The lowest BCUT2D eigenvalue weighted by atomic mass is 10.1. The van der Waals surface area contributed by atoms with Gasteiger partial charge in [0.05, 0.1) is 19.3 Å². The predicted octanol–water partition coefficient (Wildman–Crippen LogP) is 3.13. The minimum absolute atomic E-state index is 0.0572. The Kier molecular flexibility index (Phi) is 5.84. The highest BCUT2D eigenvalue weighted by Crippen LogP contribution is 2.41. The Hall–Kier alpha value is -2.61. The highest BCUT2D eigenvalue weighted by molar-refractivity contribution is 6.34. The molecular formula is C20H27ClN6O2. The summed E-state index contributed by atoms with van der Waals surface area (Å²) >= 11 is 6.42. The highest BCUT2D eigenvalue weighted by atomic mass is 35.5. The summed E-state index contributed by atoms with van der Waals surface area (Å²) in [6.07, 6.45) is 1.77. The lowest BCUT2D eigenvalue weighted by Crippen LogP contribution is -2.53. The van der Waals surface area contributed by atoms with Crippen molar-refractivity contribution in [1.29, 1.82) is 0 Å². The fraction of sp³-hybridized carbons (Fsp3) is 0.500. The van der Waals surface area contributed by atoms with E-state index in [1.165, 1.54) is 0 Å². The first-order chi connectivity index (χ1) is 13.6. The molecule has 1 amide bonds. The lowest BCUT2D eigenvalue weighted by Gasteiger charge is -2.41. The van der Waals surface area contributed by atoms with Crippen molar-refractivity contribution in [1.82, 2.24) is 15.0 Å². The predicted molar refractivity (Wildman–Crippen MR) is 115 cm³/mol. The van der Waals surface area contributed by atoms with Gasteiger partial charge in [-0.05, 0) is 26.7 Å². The van der Waals surface area contributed by atoms with Crippen molar-refractivity contribution in [2.45, 2.75) is 47.2 Å². The van der Waals surface area contributed by atoms with E-state index >= 15 is 0 Å². The largest absolute Gasteiger partial charge is 0.496 e. The first-order valence-corrected chi connectivity index (χ1v) is 9.93. The quantitative estimate of drug-likeness (QED) is 0.745. The molecule has 1 aliphatic rings. The first-order valence-electron chi connectivity index (χ1n) is 9.55. The second-order valence-corrected chi connectivity index (χ2v) is 8.10. The molecule has 0 saturated carbocycles. The van der Waals surface area contributed by atoms with Gasteiger partial charge in [-0.15, -0.1) is 0 Å². The van der Waals surface area contributed by atoms with E-state index in [1.54, 1.807) is 18.2 Å². The molecule has 0 fully saturated rings. The molecule has 8 nitrogen and oxygen atoms in total. The Labute approximate surface area is 176 Å². The van der Waals surface area contributed by atoms with Gasteiger partial charge in [0.25, 0.3) is 0 Å². The van der Waals surface area contributed by atoms with Gasteiger partial charge in [-0.3, -0.25) is 9.78 Å². The van der Waals surface area contributed by atoms with Gasteiger partial charge in [-0.1, -0.05) is 25.4 Å². The van der Waals surface area contributed by atoms with Gasteiger partial charge in [0.2, 0.25) is 11.9 Å². The van der Waals surface area contributed by atoms with Crippen LogP contribution in [0.2, 0.25) is 5.15 Å². The Bertz CT molecular complexity index is 949. The minimum Gasteiger partial charge on any atom is -0.496 e. The van der Waals surface area contributed by atoms with Crippen LogP contribution < -0.4 is 20.3 Å². The topological polar surface area (TPSA) is 97.5 Å². The number of hydrogen-bond donors (Lipinski definition) is 1. The van der Waals surface area contributed by atoms with Crippen LogP contribution >= 0.6 is 11.6 Å². The molecule has 9 heteroatoms. The second-order valence-electron chi connectivity index (χ2n) is 7.74. The summed E-state index contributed by atoms with van der Waals surface area (Å²) in [5.41, 5.74) is 9.05. The second kappa shape index (κ2) is 8.02. The maximum absolute atomic E-state index is 13.2. The average Bonchev–Trinajstić information content (AvgIpc) is 2.64. The Balaban J connectivity index is 2.12. The van der Waals surface area contributed by atoms with Crippen LogP contribution in [0.25, 0.3) is 0 Å². The van der Waals surface area contributed by atoms with E-state index in [2.05, 4.69) is 15.0 Å². The molecule has 0 saturated heterocycles. The standard InChI is InChI=1S/C20H27ClN6O2/c1-10(2)8-27-15-17(21)24-20(22)25-18(15)26(13(5)19(27)28)9-14-12(4)16(29-6)11(3)7-23-14/h7,10,13H,8-9H2,1-6H3,(H2,22,24,25)/t13-/m0/s1. The third-order valence-electron chi connectivity index (χ3n) is 5.09. The number of amides is 1. The van der Waals surface area contributed by atoms with Crippen LogP contribution in [0.15, 0.2) is 6.20 Å². The van der Waals surface area contributed by atoms with Gasteiger partial charge in [0.15, 0.2) is 11.0 Å². The summed E-state index contributed by atoms with van der Waals surface area (Å²) in [6, 6.07) is -0.458. The van der Waals surface area contributed by atoms with Gasteiger partial charge in [-0.25, -0.2) is 0 Å². The van der Waals surface area contributed by atoms with Crippen LogP contribution in [0.5, 0.6) is 5.75 Å². The van der Waals surface area contributed by atoms with Gasteiger partial charge >= 0.3 is 0 Å². The maximum Gasteiger partial charge on any atom is 0.249 e. The van der Waals surface area contributed by atoms with Crippen LogP contribution in [-0.4, -0.2) is 40.6 Å². The van der Waals surface area contributed by atoms with E-state index in [-0.39, 0.29) is 22.9 Å². The Morgan fingerprint density at radius 1 is 1.31 bits per heavy atom. The zero-order chi connectivity index (χ0) is 21.5. The lowest BCUT2D eigenvalue weighted by molar-refractivity contribution is -0.120. The van der Waals surface area contributed by atoms with Crippen molar-refractivity contribution in [2.75, 3.05) is 29.2 Å². The molecule has 2 N–H and O–H groups in total. The molecular weight excluding hydrogens is 392 g/mol. The number of carbonyl (C=O) groups excluding carboxylic acids is 1. The Morgan fingerprint density at radius 3 is 2.62 bits per heavy atom. The van der Waals surface area contributed by atoms with E-state index in [1.807, 2.05) is 39.5 Å². The highest BCUT2D eigenvalue weighted by Gasteiger charge is 2.39. The van der Waals surface area contributed by atoms with Crippen molar-refractivity contribution in [2.24, 2.45) is 5.92 Å². The molecule has 1 aliphatic heterocycles. The van der Waals surface area contributed by atoms with Crippen LogP contribution in [0, 0.1) is 19.8 Å². The number of nitrogens with zero attached hydrogens (tertiary/aromatic N) is 5. The van der Waals surface area contributed by atoms with Gasteiger partial charge < -0.3 is 20.3 Å². The molecule has 0 aliphatic carbocycles. The van der Waals surface area contributed by atoms with Gasteiger partial charge in [0.1, 0.15) is 17.5 Å². The molecule has 29 heavy (non-hydrogen) atoms. The number of methoxy groups -OCH3 is 1. The third kappa shape index (κ3) is 3.81. The van der Waals surface area contributed by atoms with Gasteiger partial charge in [-0.2, -0.15) is 9.97 Å². The van der Waals surface area contributed by atoms with E-state index in [0.717, 1.165) is 22.6 Å². The smallest absolute Gasteiger partial charge is 0.249 e. The number of anilines is 3. The SMILES string of the molecule is COc1c(C)cnc(CN2c3nc(N)nc(Cl)c3N(CC(C)C)C(=O)[C@@H]2C)c1C. The summed E-state index contributed by atoms with van der Waals surface area (Å²) in [6.45, 7) is 10.7. The molecule has 0 aromatic carbocycles. The van der Waals surface area contributed by atoms with E-state index < -0.39 is 6.04 Å². The number of pyridine rings is 1. The summed E-state index contributed by atoms with van der Waals surface area (Å²) < 4.78 is 5.52. The zero-order valence-corrected chi connectivity index (χ0v) is 18.4. The average molecular weight is 419 g/mol. The fourth-order valence-corrected chi connectivity index (χ4v) is 3.94. The minimum atomic E-state index is -0.458. The number of aromatic nitrogens is 3. The van der Waals surface area contributed by atoms with Crippen molar-refractivity contribution in [3.05, 3.63) is 28.2 Å². The molecule has 0 radical (unpaired) electrons. The molecule has 0 unspecified atom stereocenters. The number of ether oxygens (including phenoxy) is 1. The number of fused-ring (bicyclic) bond motifs is 1. The first kappa shape index (κ1) is 21.1. The molecule has 1 atom stereocenters. The Morgan fingerprint density at radius 2 is 2.00 bits per heavy atom. The van der Waals surface area contributed by atoms with Crippen LogP contribution in [0.3, 0.4) is 0 Å². The molecule has 3 rings (SSSR count). The molecule has 2 aromatic heterocycles. The van der Waals surface area contributed by atoms with Crippen molar-refractivity contribution in [3.8, 4) is 5.75 Å². The number of carbonyl (C=O) groups is 1. The number of halogens is 1. The van der Waals surface area contributed by atoms with Crippen LogP contribution in [-0.2, 0) is 11.3 Å². The number of hydrogen-bond acceptors (Lipinski definition) is 7. The molecule has 3 heterocycles. The maximum atomic E-state index is 13.2. The molecule has 2 aromatic rings.